The summed E-state index contributed by atoms with van der Waals surface area (Å²) >= 11 is 0. The van der Waals surface area contributed by atoms with E-state index in [4.69, 9.17) is 15.9 Å². The zero-order valence-electron chi connectivity index (χ0n) is 17.1. The number of aliphatic hydroxyl groups is 1. The number of unbranched alkanes of at least 4 members (excludes halogenated alkanes) is 13. The molecule has 0 heterocycles. The Bertz CT molecular complexity index is 249. The minimum absolute atomic E-state index is 0. The standard InChI is InChI=1S/C16H33.C4H9NO3.Na/c1-3-5-7-9-11-13-15-16-14-12-10-8-6-4-2;1-2(6)3(5)4(7)8;/h1,3-16H2,2H3;2-3,6H,5H2,1H3,(H,7,8);/q-1;;+1. The van der Waals surface area contributed by atoms with Crippen LogP contribution in [-0.4, -0.2) is 28.3 Å². The van der Waals surface area contributed by atoms with Crippen LogP contribution in [0.25, 0.3) is 0 Å². The first kappa shape index (κ1) is 30.1. The largest absolute Gasteiger partial charge is 1.00 e. The van der Waals surface area contributed by atoms with Gasteiger partial charge in [0.15, 0.2) is 0 Å². The van der Waals surface area contributed by atoms with E-state index in [-0.39, 0.29) is 29.6 Å². The predicted octanol–water partition coefficient (Wildman–Crippen LogP) is 2.08. The van der Waals surface area contributed by atoms with Gasteiger partial charge in [-0.3, -0.25) is 4.79 Å². The van der Waals surface area contributed by atoms with Gasteiger partial charge in [0, 0.05) is 0 Å². The Hall–Kier alpha value is 0.390. The second-order valence-corrected chi connectivity index (χ2v) is 6.70. The fraction of sp³-hybridized carbons (Fsp3) is 0.900. The van der Waals surface area contributed by atoms with Crippen LogP contribution in [0.15, 0.2) is 0 Å². The van der Waals surface area contributed by atoms with Gasteiger partial charge in [-0.15, -0.1) is 0 Å². The second-order valence-electron chi connectivity index (χ2n) is 6.70. The summed E-state index contributed by atoms with van der Waals surface area (Å²) in [5.74, 6) is -1.18. The molecule has 0 aromatic rings. The normalized spacial score (nSPS) is 12.5. The number of nitrogens with two attached hydrogens (primary N) is 1. The van der Waals surface area contributed by atoms with E-state index in [0.29, 0.717) is 0 Å². The number of hydrogen-bond acceptors (Lipinski definition) is 3. The molecule has 0 spiro atoms. The number of rotatable bonds is 15. The zero-order valence-corrected chi connectivity index (χ0v) is 19.1. The monoisotopic (exact) mass is 367 g/mol. The number of aliphatic hydroxyl groups excluding tert-OH is 1. The molecule has 0 aromatic heterocycles. The second kappa shape index (κ2) is 24.4. The van der Waals surface area contributed by atoms with Crippen molar-refractivity contribution < 1.29 is 44.6 Å². The Kier molecular flexibility index (Phi) is 29.4. The Morgan fingerprint density at radius 2 is 1.20 bits per heavy atom. The fourth-order valence-electron chi connectivity index (χ4n) is 2.40. The molecule has 0 rings (SSSR count). The van der Waals surface area contributed by atoms with Crippen LogP contribution in [0.2, 0.25) is 0 Å². The van der Waals surface area contributed by atoms with Crippen molar-refractivity contribution in [3.8, 4) is 0 Å². The summed E-state index contributed by atoms with van der Waals surface area (Å²) < 4.78 is 0. The van der Waals surface area contributed by atoms with E-state index in [1.54, 1.807) is 0 Å². The van der Waals surface area contributed by atoms with Crippen LogP contribution >= 0.6 is 0 Å². The molecular formula is C20H42NNaO3. The van der Waals surface area contributed by atoms with Gasteiger partial charge in [-0.2, -0.15) is 6.42 Å². The Morgan fingerprint density at radius 1 is 0.880 bits per heavy atom. The number of carboxylic acid groups (broad SMARTS) is 1. The first-order valence-corrected chi connectivity index (χ1v) is 9.93. The molecule has 146 valence electrons. The number of carboxylic acids is 1. The van der Waals surface area contributed by atoms with Gasteiger partial charge in [-0.05, 0) is 6.92 Å². The molecule has 0 aliphatic heterocycles. The molecule has 5 heteroatoms. The van der Waals surface area contributed by atoms with Crippen molar-refractivity contribution in [2.45, 2.75) is 116 Å². The SMILES string of the molecule is CC(O)C(N)C(=O)O.[CH2-]CCCCCCCCCCCCCCC.[Na+]. The summed E-state index contributed by atoms with van der Waals surface area (Å²) in [6.07, 6.45) is 18.9. The molecule has 0 amide bonds. The van der Waals surface area contributed by atoms with Crippen LogP contribution in [0.4, 0.5) is 0 Å². The van der Waals surface area contributed by atoms with Crippen LogP contribution in [0.3, 0.4) is 0 Å². The van der Waals surface area contributed by atoms with E-state index in [2.05, 4.69) is 13.8 Å². The molecule has 0 aromatic carbocycles. The maximum Gasteiger partial charge on any atom is 1.00 e. The third-order valence-corrected chi connectivity index (χ3v) is 4.16. The van der Waals surface area contributed by atoms with Crippen molar-refractivity contribution >= 4 is 5.97 Å². The quantitative estimate of drug-likeness (QED) is 0.235. The molecule has 0 saturated carbocycles. The van der Waals surface area contributed by atoms with Crippen LogP contribution in [0, 0.1) is 6.92 Å². The van der Waals surface area contributed by atoms with Gasteiger partial charge in [0.1, 0.15) is 6.04 Å². The molecule has 2 atom stereocenters. The Labute approximate surface area is 178 Å². The van der Waals surface area contributed by atoms with Gasteiger partial charge in [0.05, 0.1) is 6.10 Å². The molecule has 0 bridgehead atoms. The van der Waals surface area contributed by atoms with Gasteiger partial charge in [-0.25, -0.2) is 0 Å². The Morgan fingerprint density at radius 3 is 1.40 bits per heavy atom. The molecule has 0 radical (unpaired) electrons. The van der Waals surface area contributed by atoms with Crippen molar-refractivity contribution in [2.24, 2.45) is 5.73 Å². The van der Waals surface area contributed by atoms with E-state index in [1.807, 2.05) is 0 Å². The number of aliphatic carboxylic acids is 1. The Balaban J connectivity index is -0.000000457. The third kappa shape index (κ3) is 26.7. The van der Waals surface area contributed by atoms with Crippen LogP contribution < -0.4 is 35.3 Å². The van der Waals surface area contributed by atoms with Crippen molar-refractivity contribution in [2.75, 3.05) is 0 Å². The zero-order chi connectivity index (χ0) is 18.6. The van der Waals surface area contributed by atoms with E-state index in [9.17, 15) is 4.79 Å². The third-order valence-electron chi connectivity index (χ3n) is 4.16. The summed E-state index contributed by atoms with van der Waals surface area (Å²) in [5, 5.41) is 16.6. The van der Waals surface area contributed by atoms with E-state index in [1.165, 1.54) is 90.4 Å². The van der Waals surface area contributed by atoms with Gasteiger partial charge >= 0.3 is 35.5 Å². The van der Waals surface area contributed by atoms with E-state index >= 15 is 0 Å². The molecule has 0 saturated heterocycles. The molecular weight excluding hydrogens is 325 g/mol. The van der Waals surface area contributed by atoms with E-state index in [0.717, 1.165) is 6.42 Å². The summed E-state index contributed by atoms with van der Waals surface area (Å²) in [6.45, 7) is 7.49. The predicted molar refractivity (Wildman–Crippen MR) is 103 cm³/mol. The van der Waals surface area contributed by atoms with Crippen LogP contribution in [-0.2, 0) is 4.79 Å². The van der Waals surface area contributed by atoms with Crippen molar-refractivity contribution in [1.82, 2.24) is 0 Å². The van der Waals surface area contributed by atoms with Gasteiger partial charge in [-0.1, -0.05) is 90.4 Å². The smallest absolute Gasteiger partial charge is 0.480 e. The van der Waals surface area contributed by atoms with Gasteiger partial charge in [0.25, 0.3) is 0 Å². The number of carbonyl (C=O) groups is 1. The number of hydrogen-bond donors (Lipinski definition) is 3. The van der Waals surface area contributed by atoms with Crippen LogP contribution in [0.1, 0.15) is 104 Å². The molecule has 4 N–H and O–H groups in total. The molecule has 2 unspecified atom stereocenters. The summed E-state index contributed by atoms with van der Waals surface area (Å²) in [5.41, 5.74) is 4.91. The molecule has 25 heavy (non-hydrogen) atoms. The van der Waals surface area contributed by atoms with Crippen LogP contribution in [0.5, 0.6) is 0 Å². The van der Waals surface area contributed by atoms with Crippen molar-refractivity contribution in [3.05, 3.63) is 6.92 Å². The molecule has 0 fully saturated rings. The van der Waals surface area contributed by atoms with Gasteiger partial charge < -0.3 is 22.9 Å². The fourth-order valence-corrected chi connectivity index (χ4v) is 2.40. The first-order valence-electron chi connectivity index (χ1n) is 9.93. The van der Waals surface area contributed by atoms with Crippen molar-refractivity contribution in [1.29, 1.82) is 0 Å². The van der Waals surface area contributed by atoms with Gasteiger partial charge in [0.2, 0.25) is 0 Å². The summed E-state index contributed by atoms with van der Waals surface area (Å²) in [6, 6.07) is -1.16. The maximum absolute atomic E-state index is 9.86. The average Bonchev–Trinajstić information content (AvgIpc) is 2.55. The molecule has 0 aliphatic rings. The molecule has 4 nitrogen and oxygen atoms in total. The summed E-state index contributed by atoms with van der Waals surface area (Å²) in [4.78, 5) is 9.86. The summed E-state index contributed by atoms with van der Waals surface area (Å²) in [7, 11) is 0. The first-order chi connectivity index (χ1) is 11.5. The van der Waals surface area contributed by atoms with E-state index < -0.39 is 18.1 Å². The maximum atomic E-state index is 9.86. The minimum atomic E-state index is -1.18. The minimum Gasteiger partial charge on any atom is -0.480 e. The average molecular weight is 368 g/mol. The molecule has 0 aliphatic carbocycles. The topological polar surface area (TPSA) is 83.5 Å². The van der Waals surface area contributed by atoms with Crippen molar-refractivity contribution in [3.63, 3.8) is 0 Å².